The maximum absolute atomic E-state index is 4.41. The van der Waals surface area contributed by atoms with Crippen molar-refractivity contribution in [3.63, 3.8) is 0 Å². The summed E-state index contributed by atoms with van der Waals surface area (Å²) in [6.07, 6.45) is 2.79. The Balaban J connectivity index is 2.30. The molecule has 0 N–H and O–H groups in total. The van der Waals surface area contributed by atoms with E-state index in [1.165, 1.54) is 22.4 Å². The first-order chi connectivity index (χ1) is 7.27. The smallest absolute Gasteiger partial charge is 0.0476 e. The predicted molar refractivity (Wildman–Crippen MR) is 63.0 cm³/mol. The quantitative estimate of drug-likeness (QED) is 0.720. The lowest BCUT2D eigenvalue weighted by atomic mass is 10.0. The first-order valence-corrected chi connectivity index (χ1v) is 5.22. The molecule has 0 unspecified atom stereocenters. The highest BCUT2D eigenvalue weighted by atomic mass is 14.7. The molecule has 1 heteroatoms. The van der Waals surface area contributed by atoms with Gasteiger partial charge in [-0.25, -0.2) is 0 Å². The lowest BCUT2D eigenvalue weighted by Gasteiger charge is -2.06. The van der Waals surface area contributed by atoms with E-state index in [1.54, 1.807) is 0 Å². The van der Waals surface area contributed by atoms with E-state index < -0.39 is 0 Å². The molecule has 0 atom stereocenters. The molecule has 0 aliphatic heterocycles. The summed E-state index contributed by atoms with van der Waals surface area (Å²) in [4.78, 5) is 4.41. The van der Waals surface area contributed by atoms with Gasteiger partial charge in [-0.3, -0.25) is 4.98 Å². The molecule has 0 fully saturated rings. The minimum absolute atomic E-state index is 0.930. The SMILES string of the molecule is Cc1ccccc1Cc1ncccc1C. The van der Waals surface area contributed by atoms with Crippen molar-refractivity contribution in [2.24, 2.45) is 0 Å². The van der Waals surface area contributed by atoms with E-state index in [9.17, 15) is 0 Å². The van der Waals surface area contributed by atoms with Gasteiger partial charge in [0.2, 0.25) is 0 Å². The van der Waals surface area contributed by atoms with Crippen molar-refractivity contribution in [1.82, 2.24) is 4.98 Å². The number of pyridine rings is 1. The molecule has 0 aliphatic rings. The van der Waals surface area contributed by atoms with E-state index in [0.717, 1.165) is 6.42 Å². The van der Waals surface area contributed by atoms with Crippen LogP contribution in [-0.4, -0.2) is 4.98 Å². The molecule has 2 rings (SSSR count). The molecule has 76 valence electrons. The van der Waals surface area contributed by atoms with Crippen LogP contribution in [0.3, 0.4) is 0 Å². The minimum Gasteiger partial charge on any atom is -0.261 e. The molecule has 0 radical (unpaired) electrons. The number of hydrogen-bond acceptors (Lipinski definition) is 1. The number of rotatable bonds is 2. The van der Waals surface area contributed by atoms with E-state index in [1.807, 2.05) is 12.3 Å². The second-order valence-corrected chi connectivity index (χ2v) is 3.87. The van der Waals surface area contributed by atoms with Crippen molar-refractivity contribution in [1.29, 1.82) is 0 Å². The molecule has 15 heavy (non-hydrogen) atoms. The third kappa shape index (κ3) is 2.24. The molecule has 0 bridgehead atoms. The second kappa shape index (κ2) is 4.26. The van der Waals surface area contributed by atoms with Crippen LogP contribution in [0.25, 0.3) is 0 Å². The molecule has 0 amide bonds. The number of hydrogen-bond donors (Lipinski definition) is 0. The second-order valence-electron chi connectivity index (χ2n) is 3.87. The maximum Gasteiger partial charge on any atom is 0.0476 e. The van der Waals surface area contributed by atoms with Gasteiger partial charge in [0.25, 0.3) is 0 Å². The van der Waals surface area contributed by atoms with Gasteiger partial charge in [0.1, 0.15) is 0 Å². The fourth-order valence-corrected chi connectivity index (χ4v) is 1.69. The fourth-order valence-electron chi connectivity index (χ4n) is 1.69. The first-order valence-electron chi connectivity index (χ1n) is 5.22. The predicted octanol–water partition coefficient (Wildman–Crippen LogP) is 3.29. The van der Waals surface area contributed by atoms with Gasteiger partial charge in [0.05, 0.1) is 0 Å². The topological polar surface area (TPSA) is 12.9 Å². The van der Waals surface area contributed by atoms with Crippen LogP contribution >= 0.6 is 0 Å². The Kier molecular flexibility index (Phi) is 2.82. The van der Waals surface area contributed by atoms with Crippen molar-refractivity contribution in [2.45, 2.75) is 20.3 Å². The van der Waals surface area contributed by atoms with Crippen molar-refractivity contribution in [3.05, 3.63) is 65.0 Å². The van der Waals surface area contributed by atoms with Crippen LogP contribution in [0.2, 0.25) is 0 Å². The van der Waals surface area contributed by atoms with Gasteiger partial charge in [-0.05, 0) is 36.6 Å². The lowest BCUT2D eigenvalue weighted by Crippen LogP contribution is -1.96. The standard InChI is InChI=1S/C14H15N/c1-11-6-3-4-8-13(11)10-14-12(2)7-5-9-15-14/h3-9H,10H2,1-2H3. The molecule has 2 aromatic rings. The molecule has 0 saturated heterocycles. The molecule has 1 heterocycles. The molecule has 0 aliphatic carbocycles. The van der Waals surface area contributed by atoms with E-state index in [-0.39, 0.29) is 0 Å². The van der Waals surface area contributed by atoms with Gasteiger partial charge in [-0.15, -0.1) is 0 Å². The Morgan fingerprint density at radius 2 is 1.67 bits per heavy atom. The average molecular weight is 197 g/mol. The summed E-state index contributed by atoms with van der Waals surface area (Å²) < 4.78 is 0. The fraction of sp³-hybridized carbons (Fsp3) is 0.214. The van der Waals surface area contributed by atoms with Gasteiger partial charge in [-0.2, -0.15) is 0 Å². The Hall–Kier alpha value is -1.63. The molecule has 0 spiro atoms. The summed E-state index contributed by atoms with van der Waals surface area (Å²) in [7, 11) is 0. The summed E-state index contributed by atoms with van der Waals surface area (Å²) in [6.45, 7) is 4.26. The monoisotopic (exact) mass is 197 g/mol. The summed E-state index contributed by atoms with van der Waals surface area (Å²) in [5.74, 6) is 0. The van der Waals surface area contributed by atoms with Crippen molar-refractivity contribution >= 4 is 0 Å². The summed E-state index contributed by atoms with van der Waals surface area (Å²) >= 11 is 0. The van der Waals surface area contributed by atoms with Gasteiger partial charge in [0.15, 0.2) is 0 Å². The zero-order valence-electron chi connectivity index (χ0n) is 9.20. The van der Waals surface area contributed by atoms with E-state index in [0.29, 0.717) is 0 Å². The number of nitrogens with zero attached hydrogens (tertiary/aromatic N) is 1. The van der Waals surface area contributed by atoms with Crippen molar-refractivity contribution in [2.75, 3.05) is 0 Å². The first kappa shape index (κ1) is 9.91. The zero-order chi connectivity index (χ0) is 10.7. The summed E-state index contributed by atoms with van der Waals surface area (Å²) in [5.41, 5.74) is 5.13. The average Bonchev–Trinajstić information content (AvgIpc) is 2.24. The van der Waals surface area contributed by atoms with Gasteiger partial charge in [0, 0.05) is 18.3 Å². The zero-order valence-corrected chi connectivity index (χ0v) is 9.20. The molecule has 1 nitrogen and oxygen atoms in total. The van der Waals surface area contributed by atoms with Gasteiger partial charge >= 0.3 is 0 Å². The molecular formula is C14H15N. The van der Waals surface area contributed by atoms with E-state index in [2.05, 4.69) is 49.2 Å². The van der Waals surface area contributed by atoms with Crippen LogP contribution in [0.1, 0.15) is 22.4 Å². The maximum atomic E-state index is 4.41. The van der Waals surface area contributed by atoms with Crippen molar-refractivity contribution in [3.8, 4) is 0 Å². The minimum atomic E-state index is 0.930. The van der Waals surface area contributed by atoms with Crippen LogP contribution in [0.5, 0.6) is 0 Å². The number of aryl methyl sites for hydroxylation is 2. The molecular weight excluding hydrogens is 182 g/mol. The largest absolute Gasteiger partial charge is 0.261 e. The molecule has 0 saturated carbocycles. The Bertz CT molecular complexity index is 417. The van der Waals surface area contributed by atoms with Crippen LogP contribution in [0.4, 0.5) is 0 Å². The highest BCUT2D eigenvalue weighted by Gasteiger charge is 2.02. The van der Waals surface area contributed by atoms with Crippen LogP contribution < -0.4 is 0 Å². The third-order valence-corrected chi connectivity index (χ3v) is 2.74. The van der Waals surface area contributed by atoms with Crippen LogP contribution in [-0.2, 0) is 6.42 Å². The molecule has 1 aromatic carbocycles. The molecule has 1 aromatic heterocycles. The lowest BCUT2D eigenvalue weighted by molar-refractivity contribution is 1.03. The van der Waals surface area contributed by atoms with Gasteiger partial charge < -0.3 is 0 Å². The van der Waals surface area contributed by atoms with Crippen molar-refractivity contribution < 1.29 is 0 Å². The van der Waals surface area contributed by atoms with Gasteiger partial charge in [-0.1, -0.05) is 30.3 Å². The number of benzene rings is 1. The Labute approximate surface area is 90.8 Å². The normalized spacial score (nSPS) is 10.3. The van der Waals surface area contributed by atoms with Crippen LogP contribution in [0, 0.1) is 13.8 Å². The summed E-state index contributed by atoms with van der Waals surface area (Å²) in [5, 5.41) is 0. The Morgan fingerprint density at radius 1 is 0.933 bits per heavy atom. The van der Waals surface area contributed by atoms with E-state index >= 15 is 0 Å². The third-order valence-electron chi connectivity index (χ3n) is 2.74. The Morgan fingerprint density at radius 3 is 2.40 bits per heavy atom. The van der Waals surface area contributed by atoms with Crippen LogP contribution in [0.15, 0.2) is 42.6 Å². The van der Waals surface area contributed by atoms with E-state index in [4.69, 9.17) is 0 Å². The highest BCUT2D eigenvalue weighted by Crippen LogP contribution is 2.14. The number of aromatic nitrogens is 1. The highest BCUT2D eigenvalue weighted by molar-refractivity contribution is 5.31. The summed E-state index contributed by atoms with van der Waals surface area (Å²) in [6, 6.07) is 12.6.